The molecule has 0 aromatic heterocycles. The lowest BCUT2D eigenvalue weighted by atomic mass is 10.2. The molecule has 1 aliphatic rings. The Labute approximate surface area is 105 Å². The number of anilines is 1. The van der Waals surface area contributed by atoms with Crippen molar-refractivity contribution in [3.05, 3.63) is 28.7 Å². The van der Waals surface area contributed by atoms with Gasteiger partial charge in [0.1, 0.15) is 0 Å². The molecule has 2 rings (SSSR count). The van der Waals surface area contributed by atoms with Crippen LogP contribution in [-0.4, -0.2) is 32.3 Å². The van der Waals surface area contributed by atoms with E-state index in [1.807, 2.05) is 12.1 Å². The molecule has 0 spiro atoms. The zero-order valence-electron chi connectivity index (χ0n) is 9.21. The maximum absolute atomic E-state index is 5.63. The highest BCUT2D eigenvalue weighted by Crippen LogP contribution is 2.15. The molecule has 1 saturated heterocycles. The smallest absolute Gasteiger partial charge is 0.0716 e. The van der Waals surface area contributed by atoms with Crippen molar-refractivity contribution in [3.8, 4) is 0 Å². The molecule has 0 bridgehead atoms. The monoisotopic (exact) mass is 284 g/mol. The fourth-order valence-electron chi connectivity index (χ4n) is 1.78. The van der Waals surface area contributed by atoms with Gasteiger partial charge in [-0.05, 0) is 24.6 Å². The molecule has 4 heteroatoms. The Kier molecular flexibility index (Phi) is 4.63. The van der Waals surface area contributed by atoms with Gasteiger partial charge in [-0.1, -0.05) is 22.0 Å². The van der Waals surface area contributed by atoms with Crippen LogP contribution in [0, 0.1) is 0 Å². The van der Waals surface area contributed by atoms with Crippen molar-refractivity contribution in [2.45, 2.75) is 12.5 Å². The summed E-state index contributed by atoms with van der Waals surface area (Å²) in [6.07, 6.45) is 1.40. The Hall–Kier alpha value is -0.580. The summed E-state index contributed by atoms with van der Waals surface area (Å²) in [5.41, 5.74) is 1.15. The molecule has 0 radical (unpaired) electrons. The summed E-state index contributed by atoms with van der Waals surface area (Å²) in [6, 6.07) is 8.22. The summed E-state index contributed by atoms with van der Waals surface area (Å²) in [4.78, 5) is 0. The Bertz CT molecular complexity index is 327. The van der Waals surface area contributed by atoms with Crippen LogP contribution in [0.15, 0.2) is 28.7 Å². The molecule has 1 aromatic carbocycles. The molecule has 0 saturated carbocycles. The second kappa shape index (κ2) is 6.23. The van der Waals surface area contributed by atoms with E-state index in [-0.39, 0.29) is 0 Å². The number of rotatable bonds is 4. The van der Waals surface area contributed by atoms with Crippen LogP contribution in [0.3, 0.4) is 0 Å². The third kappa shape index (κ3) is 3.77. The predicted octanol–water partition coefficient (Wildman–Crippen LogP) is 2.24. The van der Waals surface area contributed by atoms with E-state index < -0.39 is 0 Å². The van der Waals surface area contributed by atoms with Gasteiger partial charge < -0.3 is 15.4 Å². The molecule has 1 fully saturated rings. The summed E-state index contributed by atoms with van der Waals surface area (Å²) < 4.78 is 6.73. The Balaban J connectivity index is 1.71. The first-order valence-corrected chi connectivity index (χ1v) is 6.45. The topological polar surface area (TPSA) is 33.3 Å². The highest BCUT2D eigenvalue weighted by molar-refractivity contribution is 9.10. The van der Waals surface area contributed by atoms with E-state index in [1.165, 1.54) is 0 Å². The number of halogens is 1. The third-order valence-corrected chi connectivity index (χ3v) is 3.12. The summed E-state index contributed by atoms with van der Waals surface area (Å²) in [6.45, 7) is 3.74. The predicted molar refractivity (Wildman–Crippen MR) is 69.9 cm³/mol. The lowest BCUT2D eigenvalue weighted by Crippen LogP contribution is -2.39. The van der Waals surface area contributed by atoms with E-state index in [9.17, 15) is 0 Å². The lowest BCUT2D eigenvalue weighted by molar-refractivity contribution is 0.0258. The van der Waals surface area contributed by atoms with Crippen LogP contribution >= 0.6 is 15.9 Å². The highest BCUT2D eigenvalue weighted by Gasteiger charge is 2.12. The van der Waals surface area contributed by atoms with Gasteiger partial charge in [0.05, 0.1) is 12.7 Å². The number of morpholine rings is 1. The van der Waals surface area contributed by atoms with Crippen LogP contribution in [0.25, 0.3) is 0 Å². The van der Waals surface area contributed by atoms with Crippen molar-refractivity contribution in [1.29, 1.82) is 0 Å². The number of benzene rings is 1. The fraction of sp³-hybridized carbons (Fsp3) is 0.500. The van der Waals surface area contributed by atoms with Gasteiger partial charge in [0, 0.05) is 29.8 Å². The van der Waals surface area contributed by atoms with E-state index >= 15 is 0 Å². The minimum atomic E-state index is 0.355. The van der Waals surface area contributed by atoms with E-state index in [0.29, 0.717) is 6.10 Å². The zero-order valence-corrected chi connectivity index (χ0v) is 10.8. The standard InChI is InChI=1S/C12H17BrN2O/c13-10-2-1-3-11(8-10)15-5-4-12-9-14-6-7-16-12/h1-3,8,12,14-15H,4-7,9H2. The van der Waals surface area contributed by atoms with Crippen LogP contribution in [0.5, 0.6) is 0 Å². The van der Waals surface area contributed by atoms with Gasteiger partial charge in [0.25, 0.3) is 0 Å². The first-order valence-electron chi connectivity index (χ1n) is 5.66. The normalized spacial score (nSPS) is 20.7. The van der Waals surface area contributed by atoms with Crippen LogP contribution in [0.4, 0.5) is 5.69 Å². The highest BCUT2D eigenvalue weighted by atomic mass is 79.9. The van der Waals surface area contributed by atoms with Gasteiger partial charge in [-0.3, -0.25) is 0 Å². The number of hydrogen-bond donors (Lipinski definition) is 2. The summed E-state index contributed by atoms with van der Waals surface area (Å²) >= 11 is 3.46. The van der Waals surface area contributed by atoms with Crippen LogP contribution in [0.1, 0.15) is 6.42 Å². The summed E-state index contributed by atoms with van der Waals surface area (Å²) in [5, 5.41) is 6.73. The van der Waals surface area contributed by atoms with Gasteiger partial charge in [-0.2, -0.15) is 0 Å². The molecule has 3 nitrogen and oxygen atoms in total. The number of ether oxygens (including phenoxy) is 1. The average molecular weight is 285 g/mol. The number of hydrogen-bond acceptors (Lipinski definition) is 3. The van der Waals surface area contributed by atoms with E-state index in [4.69, 9.17) is 4.74 Å². The molecule has 1 atom stereocenters. The van der Waals surface area contributed by atoms with Gasteiger partial charge in [0.2, 0.25) is 0 Å². The molecule has 0 amide bonds. The Morgan fingerprint density at radius 2 is 2.44 bits per heavy atom. The average Bonchev–Trinajstić information content (AvgIpc) is 2.30. The zero-order chi connectivity index (χ0) is 11.2. The largest absolute Gasteiger partial charge is 0.385 e. The molecule has 0 aliphatic carbocycles. The van der Waals surface area contributed by atoms with Crippen molar-refractivity contribution < 1.29 is 4.74 Å². The minimum absolute atomic E-state index is 0.355. The molecular weight excluding hydrogens is 268 g/mol. The molecule has 1 heterocycles. The molecular formula is C12H17BrN2O. The Morgan fingerprint density at radius 3 is 3.19 bits per heavy atom. The molecule has 88 valence electrons. The van der Waals surface area contributed by atoms with E-state index in [2.05, 4.69) is 38.7 Å². The molecule has 1 unspecified atom stereocenters. The van der Waals surface area contributed by atoms with Crippen molar-refractivity contribution >= 4 is 21.6 Å². The molecule has 2 N–H and O–H groups in total. The first-order chi connectivity index (χ1) is 7.84. The van der Waals surface area contributed by atoms with Crippen LogP contribution in [-0.2, 0) is 4.74 Å². The third-order valence-electron chi connectivity index (χ3n) is 2.62. The number of nitrogens with one attached hydrogen (secondary N) is 2. The lowest BCUT2D eigenvalue weighted by Gasteiger charge is -2.23. The molecule has 1 aliphatic heterocycles. The quantitative estimate of drug-likeness (QED) is 0.890. The fourth-order valence-corrected chi connectivity index (χ4v) is 2.18. The molecule has 1 aromatic rings. The van der Waals surface area contributed by atoms with Crippen molar-refractivity contribution in [2.75, 3.05) is 31.6 Å². The summed E-state index contributed by atoms with van der Waals surface area (Å²) in [5.74, 6) is 0. The van der Waals surface area contributed by atoms with E-state index in [1.54, 1.807) is 0 Å². The van der Waals surface area contributed by atoms with E-state index in [0.717, 1.165) is 42.8 Å². The Morgan fingerprint density at radius 1 is 1.50 bits per heavy atom. The van der Waals surface area contributed by atoms with Crippen molar-refractivity contribution in [2.24, 2.45) is 0 Å². The van der Waals surface area contributed by atoms with Gasteiger partial charge >= 0.3 is 0 Å². The van der Waals surface area contributed by atoms with Crippen LogP contribution < -0.4 is 10.6 Å². The first kappa shape index (κ1) is 11.9. The van der Waals surface area contributed by atoms with Crippen molar-refractivity contribution in [1.82, 2.24) is 5.32 Å². The summed E-state index contributed by atoms with van der Waals surface area (Å²) in [7, 11) is 0. The minimum Gasteiger partial charge on any atom is -0.385 e. The maximum Gasteiger partial charge on any atom is 0.0716 e. The second-order valence-electron chi connectivity index (χ2n) is 3.92. The molecule has 16 heavy (non-hydrogen) atoms. The van der Waals surface area contributed by atoms with Crippen LogP contribution in [0.2, 0.25) is 0 Å². The van der Waals surface area contributed by atoms with Gasteiger partial charge in [-0.25, -0.2) is 0 Å². The maximum atomic E-state index is 5.63. The van der Waals surface area contributed by atoms with Gasteiger partial charge in [0.15, 0.2) is 0 Å². The second-order valence-corrected chi connectivity index (χ2v) is 4.84. The van der Waals surface area contributed by atoms with Gasteiger partial charge in [-0.15, -0.1) is 0 Å². The van der Waals surface area contributed by atoms with Crippen molar-refractivity contribution in [3.63, 3.8) is 0 Å². The SMILES string of the molecule is Brc1cccc(NCCC2CNCCO2)c1.